The highest BCUT2D eigenvalue weighted by Gasteiger charge is 2.28. The molecular formula is C13H10BrFN2S2. The third-order valence-electron chi connectivity index (χ3n) is 3.18. The fraction of sp³-hybridized carbons (Fsp3) is 0.154. The van der Waals surface area contributed by atoms with Crippen molar-refractivity contribution in [3.05, 3.63) is 40.4 Å². The number of nitrogens with zero attached hydrogens (tertiary/aromatic N) is 2. The van der Waals surface area contributed by atoms with E-state index in [1.165, 1.54) is 6.07 Å². The van der Waals surface area contributed by atoms with Crippen LogP contribution in [-0.2, 0) is 0 Å². The van der Waals surface area contributed by atoms with Crippen molar-refractivity contribution in [2.45, 2.75) is 0 Å². The van der Waals surface area contributed by atoms with Crippen molar-refractivity contribution in [2.24, 2.45) is 4.99 Å². The zero-order valence-corrected chi connectivity index (χ0v) is 13.1. The van der Waals surface area contributed by atoms with Gasteiger partial charge in [-0.3, -0.25) is 4.99 Å². The van der Waals surface area contributed by atoms with Crippen LogP contribution in [0.4, 0.5) is 4.39 Å². The Labute approximate surface area is 128 Å². The highest BCUT2D eigenvalue weighted by molar-refractivity contribution is 8.93. The van der Waals surface area contributed by atoms with Crippen LogP contribution in [0.2, 0.25) is 0 Å². The highest BCUT2D eigenvalue weighted by atomic mass is 79.9. The van der Waals surface area contributed by atoms with Crippen LogP contribution >= 0.6 is 40.1 Å². The molecule has 2 nitrogen and oxygen atoms in total. The van der Waals surface area contributed by atoms with Crippen LogP contribution in [0.25, 0.3) is 15.8 Å². The Balaban J connectivity index is 0.00000110. The van der Waals surface area contributed by atoms with Crippen LogP contribution in [0.15, 0.2) is 34.0 Å². The molecule has 0 saturated carbocycles. The number of fused-ring (bicyclic) bond motifs is 2. The minimum absolute atomic E-state index is 0. The van der Waals surface area contributed by atoms with E-state index in [1.54, 1.807) is 29.2 Å². The summed E-state index contributed by atoms with van der Waals surface area (Å²) in [6, 6.07) is 4.99. The third-order valence-corrected chi connectivity index (χ3v) is 5.04. The van der Waals surface area contributed by atoms with E-state index in [-0.39, 0.29) is 22.8 Å². The van der Waals surface area contributed by atoms with Gasteiger partial charge in [0.05, 0.1) is 12.2 Å². The van der Waals surface area contributed by atoms with E-state index in [1.807, 2.05) is 6.07 Å². The molecule has 2 aliphatic rings. The van der Waals surface area contributed by atoms with Crippen LogP contribution in [0.1, 0.15) is 5.56 Å². The number of halogens is 2. The van der Waals surface area contributed by atoms with Gasteiger partial charge in [-0.05, 0) is 18.2 Å². The molecule has 0 unspecified atom stereocenters. The van der Waals surface area contributed by atoms with E-state index in [0.29, 0.717) is 0 Å². The number of benzene rings is 1. The molecule has 2 aliphatic heterocycles. The number of hydrogen-bond acceptors (Lipinski definition) is 4. The van der Waals surface area contributed by atoms with E-state index < -0.39 is 0 Å². The van der Waals surface area contributed by atoms with Crippen molar-refractivity contribution in [3.8, 4) is 0 Å². The maximum Gasteiger partial charge on any atom is 0.168 e. The first-order valence-electron chi connectivity index (χ1n) is 5.69. The van der Waals surface area contributed by atoms with Crippen molar-refractivity contribution in [1.29, 1.82) is 0 Å². The summed E-state index contributed by atoms with van der Waals surface area (Å²) in [5, 5.41) is 6.29. The summed E-state index contributed by atoms with van der Waals surface area (Å²) in [5.41, 5.74) is 2.28. The number of thiophene rings is 1. The Morgan fingerprint density at radius 3 is 3.11 bits per heavy atom. The second kappa shape index (κ2) is 4.92. The second-order valence-electron chi connectivity index (χ2n) is 4.23. The minimum Gasteiger partial charge on any atom is -0.318 e. The molecule has 6 heteroatoms. The van der Waals surface area contributed by atoms with Gasteiger partial charge in [0.15, 0.2) is 5.17 Å². The third kappa shape index (κ3) is 2.02. The molecule has 0 saturated heterocycles. The number of aliphatic imine (C=N–C) groups is 1. The molecule has 0 amide bonds. The Morgan fingerprint density at radius 1 is 1.32 bits per heavy atom. The second-order valence-corrected chi connectivity index (χ2v) is 5.97. The molecule has 0 spiro atoms. The first kappa shape index (κ1) is 13.1. The molecule has 19 heavy (non-hydrogen) atoms. The number of amidine groups is 1. The van der Waals surface area contributed by atoms with Gasteiger partial charge in [0.25, 0.3) is 0 Å². The maximum atomic E-state index is 13.4. The zero-order valence-electron chi connectivity index (χ0n) is 9.80. The molecule has 0 bridgehead atoms. The summed E-state index contributed by atoms with van der Waals surface area (Å²) in [7, 11) is 0. The lowest BCUT2D eigenvalue weighted by atomic mass is 10.1. The average molecular weight is 357 g/mol. The lowest BCUT2D eigenvalue weighted by Gasteiger charge is -2.15. The van der Waals surface area contributed by atoms with E-state index in [4.69, 9.17) is 0 Å². The summed E-state index contributed by atoms with van der Waals surface area (Å²) in [5.74, 6) is -0.177. The van der Waals surface area contributed by atoms with E-state index in [0.717, 1.165) is 39.6 Å². The first-order chi connectivity index (χ1) is 8.83. The molecule has 1 aromatic carbocycles. The predicted octanol–water partition coefficient (Wildman–Crippen LogP) is 4.34. The number of hydrogen-bond donors (Lipinski definition) is 0. The molecule has 3 heterocycles. The van der Waals surface area contributed by atoms with E-state index in [9.17, 15) is 4.39 Å². The van der Waals surface area contributed by atoms with Gasteiger partial charge < -0.3 is 4.90 Å². The average Bonchev–Trinajstić information content (AvgIpc) is 3.01. The van der Waals surface area contributed by atoms with Crippen LogP contribution in [0.5, 0.6) is 0 Å². The molecule has 0 aliphatic carbocycles. The van der Waals surface area contributed by atoms with Crippen LogP contribution in [0.3, 0.4) is 0 Å². The van der Waals surface area contributed by atoms with Gasteiger partial charge in [0, 0.05) is 33.0 Å². The zero-order chi connectivity index (χ0) is 12.1. The predicted molar refractivity (Wildman–Crippen MR) is 86.7 cm³/mol. The Morgan fingerprint density at radius 2 is 2.21 bits per heavy atom. The molecule has 4 rings (SSSR count). The van der Waals surface area contributed by atoms with Crippen LogP contribution in [0, 0.1) is 5.82 Å². The monoisotopic (exact) mass is 356 g/mol. The largest absolute Gasteiger partial charge is 0.318 e. The molecule has 0 N–H and O–H groups in total. The normalized spacial score (nSPS) is 17.2. The van der Waals surface area contributed by atoms with Gasteiger partial charge in [-0.25, -0.2) is 4.39 Å². The van der Waals surface area contributed by atoms with Gasteiger partial charge in [-0.2, -0.15) is 0 Å². The van der Waals surface area contributed by atoms with Crippen molar-refractivity contribution in [3.63, 3.8) is 0 Å². The van der Waals surface area contributed by atoms with Crippen molar-refractivity contribution >= 4 is 61.0 Å². The van der Waals surface area contributed by atoms with E-state index in [2.05, 4.69) is 20.7 Å². The Bertz CT molecular complexity index is 708. The Kier molecular flexibility index (Phi) is 3.41. The molecule has 98 valence electrons. The molecule has 0 radical (unpaired) electrons. The van der Waals surface area contributed by atoms with Gasteiger partial charge >= 0.3 is 0 Å². The fourth-order valence-electron chi connectivity index (χ4n) is 2.33. The smallest absolute Gasteiger partial charge is 0.168 e. The van der Waals surface area contributed by atoms with Gasteiger partial charge in [0.2, 0.25) is 0 Å². The summed E-state index contributed by atoms with van der Waals surface area (Å²) >= 11 is 3.32. The lowest BCUT2D eigenvalue weighted by molar-refractivity contribution is 0.629. The molecule has 0 fully saturated rings. The van der Waals surface area contributed by atoms with Crippen molar-refractivity contribution in [1.82, 2.24) is 4.90 Å². The molecule has 2 aromatic rings. The summed E-state index contributed by atoms with van der Waals surface area (Å²) < 4.78 is 14.5. The Hall–Kier alpha value is -0.850. The van der Waals surface area contributed by atoms with Crippen LogP contribution in [-0.4, -0.2) is 23.2 Å². The van der Waals surface area contributed by atoms with E-state index >= 15 is 0 Å². The van der Waals surface area contributed by atoms with Crippen molar-refractivity contribution < 1.29 is 4.39 Å². The number of rotatable bonds is 1. The maximum absolute atomic E-state index is 13.4. The summed E-state index contributed by atoms with van der Waals surface area (Å²) in [6.07, 6.45) is 0. The summed E-state index contributed by atoms with van der Waals surface area (Å²) in [4.78, 5) is 6.66. The quantitative estimate of drug-likeness (QED) is 0.755. The molecule has 1 aromatic heterocycles. The van der Waals surface area contributed by atoms with Gasteiger partial charge in [-0.1, -0.05) is 11.8 Å². The topological polar surface area (TPSA) is 15.6 Å². The fourth-order valence-corrected chi connectivity index (χ4v) is 4.22. The van der Waals surface area contributed by atoms with Gasteiger partial charge in [-0.15, -0.1) is 28.3 Å². The summed E-state index contributed by atoms with van der Waals surface area (Å²) in [6.45, 7) is 1.79. The highest BCUT2D eigenvalue weighted by Crippen LogP contribution is 2.40. The standard InChI is InChI=1S/C13H9FN2S2.BrH/c14-8-1-2-12-9(5-8)10(6-17-12)11-7-18-13-15-3-4-16(11)13;/h1-2,5-7H,3-4H2;1H. The minimum atomic E-state index is -0.177. The number of thioether (sulfide) groups is 1. The first-order valence-corrected chi connectivity index (χ1v) is 7.45. The van der Waals surface area contributed by atoms with Gasteiger partial charge in [0.1, 0.15) is 5.82 Å². The molecular weight excluding hydrogens is 347 g/mol. The molecule has 0 atom stereocenters. The lowest BCUT2D eigenvalue weighted by Crippen LogP contribution is -2.19. The SMILES string of the molecule is Br.Fc1ccc2scc(C3=CSC4=NCCN34)c2c1. The van der Waals surface area contributed by atoms with Crippen molar-refractivity contribution in [2.75, 3.05) is 13.1 Å². The van der Waals surface area contributed by atoms with Crippen LogP contribution < -0.4 is 0 Å².